The van der Waals surface area contributed by atoms with Crippen LogP contribution in [-0.4, -0.2) is 52.2 Å². The molecule has 38 heavy (non-hydrogen) atoms. The summed E-state index contributed by atoms with van der Waals surface area (Å²) in [5.41, 5.74) is -0.360. The summed E-state index contributed by atoms with van der Waals surface area (Å²) < 4.78 is 12.1. The van der Waals surface area contributed by atoms with Gasteiger partial charge >= 0.3 is 12.0 Å². The first-order chi connectivity index (χ1) is 18.4. The summed E-state index contributed by atoms with van der Waals surface area (Å²) in [6.45, 7) is 3.33. The maximum atomic E-state index is 13.6. The Morgan fingerprint density at radius 3 is 2.37 bits per heavy atom. The van der Waals surface area contributed by atoms with Gasteiger partial charge in [0.15, 0.2) is 6.10 Å². The third-order valence-corrected chi connectivity index (χ3v) is 7.57. The molecule has 2 aliphatic carbocycles. The number of hydrogen-bond acceptors (Lipinski definition) is 6. The number of ether oxygens (including phenoxy) is 2. The third-order valence-electron chi connectivity index (χ3n) is 7.57. The van der Waals surface area contributed by atoms with Gasteiger partial charge in [-0.1, -0.05) is 44.6 Å². The monoisotopic (exact) mass is 525 g/mol. The second kappa shape index (κ2) is 12.9. The zero-order valence-electron chi connectivity index (χ0n) is 22.4. The average Bonchev–Trinajstić information content (AvgIpc) is 2.92. The van der Waals surface area contributed by atoms with Gasteiger partial charge in [0.2, 0.25) is 0 Å². The first kappa shape index (κ1) is 27.7. The fourth-order valence-corrected chi connectivity index (χ4v) is 5.55. The Bertz CT molecular complexity index is 1200. The molecule has 206 valence electrons. The van der Waals surface area contributed by atoms with Crippen molar-refractivity contribution in [1.29, 1.82) is 0 Å². The molecule has 0 bridgehead atoms. The standard InChI is InChI=1S/C29H39N3O6/c1-3-37-28(35)20(2)38-25-16-10-15-24-23(25)17-18-31(27(24)34)19-26(33)32(22-13-8-5-9-14-22)29(36)30-21-11-6-4-7-12-21/h10,15-18,20-22H,3-9,11-14,19H2,1-2H3,(H,30,36). The van der Waals surface area contributed by atoms with Crippen molar-refractivity contribution < 1.29 is 23.9 Å². The fraction of sp³-hybridized carbons (Fsp3) is 0.586. The normalized spacial score (nSPS) is 17.5. The molecule has 2 aliphatic rings. The van der Waals surface area contributed by atoms with E-state index in [1.54, 1.807) is 44.3 Å². The number of urea groups is 1. The number of nitrogens with one attached hydrogen (secondary N) is 1. The molecule has 0 aliphatic heterocycles. The van der Waals surface area contributed by atoms with E-state index in [-0.39, 0.29) is 42.7 Å². The van der Waals surface area contributed by atoms with Gasteiger partial charge in [-0.05, 0) is 57.7 Å². The van der Waals surface area contributed by atoms with Crippen LogP contribution in [0.3, 0.4) is 0 Å². The maximum absolute atomic E-state index is 13.6. The Labute approximate surface area is 223 Å². The smallest absolute Gasteiger partial charge is 0.347 e. The van der Waals surface area contributed by atoms with Crippen LogP contribution < -0.4 is 15.6 Å². The van der Waals surface area contributed by atoms with E-state index in [4.69, 9.17) is 9.47 Å². The molecule has 0 radical (unpaired) electrons. The lowest BCUT2D eigenvalue weighted by atomic mass is 9.93. The number of rotatable bonds is 8. The van der Waals surface area contributed by atoms with Gasteiger partial charge in [-0.2, -0.15) is 0 Å². The van der Waals surface area contributed by atoms with Crippen molar-refractivity contribution in [2.24, 2.45) is 0 Å². The zero-order valence-corrected chi connectivity index (χ0v) is 22.4. The first-order valence-corrected chi connectivity index (χ1v) is 14.0. The highest BCUT2D eigenvalue weighted by molar-refractivity contribution is 5.95. The topological polar surface area (TPSA) is 107 Å². The van der Waals surface area contributed by atoms with Crippen molar-refractivity contribution in [3.63, 3.8) is 0 Å². The molecule has 1 heterocycles. The van der Waals surface area contributed by atoms with Gasteiger partial charge in [-0.15, -0.1) is 0 Å². The van der Waals surface area contributed by atoms with Crippen LogP contribution >= 0.6 is 0 Å². The van der Waals surface area contributed by atoms with Gasteiger partial charge in [-0.25, -0.2) is 9.59 Å². The highest BCUT2D eigenvalue weighted by Crippen LogP contribution is 2.26. The summed E-state index contributed by atoms with van der Waals surface area (Å²) in [6, 6.07) is 6.32. The summed E-state index contributed by atoms with van der Waals surface area (Å²) in [4.78, 5) is 53.7. The van der Waals surface area contributed by atoms with E-state index in [2.05, 4.69) is 5.32 Å². The van der Waals surface area contributed by atoms with Crippen molar-refractivity contribution >= 4 is 28.7 Å². The Morgan fingerprint density at radius 1 is 1.00 bits per heavy atom. The second-order valence-electron chi connectivity index (χ2n) is 10.3. The molecular formula is C29H39N3O6. The predicted molar refractivity (Wildman–Crippen MR) is 144 cm³/mol. The molecule has 1 aromatic heterocycles. The Hall–Kier alpha value is -3.36. The van der Waals surface area contributed by atoms with Crippen molar-refractivity contribution in [2.45, 2.75) is 103 Å². The fourth-order valence-electron chi connectivity index (χ4n) is 5.55. The van der Waals surface area contributed by atoms with E-state index in [0.717, 1.165) is 57.8 Å². The number of carbonyl (C=O) groups is 3. The lowest BCUT2D eigenvalue weighted by molar-refractivity contribution is -0.150. The molecule has 1 atom stereocenters. The molecule has 1 N–H and O–H groups in total. The molecule has 2 saturated carbocycles. The molecule has 2 aromatic rings. The van der Waals surface area contributed by atoms with Crippen LogP contribution in [0.15, 0.2) is 35.3 Å². The largest absolute Gasteiger partial charge is 0.478 e. The molecule has 9 heteroatoms. The molecule has 3 amide bonds. The molecule has 4 rings (SSSR count). The van der Waals surface area contributed by atoms with Crippen LogP contribution in [0.25, 0.3) is 10.8 Å². The van der Waals surface area contributed by atoms with Crippen LogP contribution in [0.5, 0.6) is 5.75 Å². The predicted octanol–water partition coefficient (Wildman–Crippen LogP) is 4.54. The zero-order chi connectivity index (χ0) is 27.1. The molecule has 1 aromatic carbocycles. The van der Waals surface area contributed by atoms with Gasteiger partial charge in [0.05, 0.1) is 12.0 Å². The molecule has 2 fully saturated rings. The minimum Gasteiger partial charge on any atom is -0.478 e. The number of amides is 3. The van der Waals surface area contributed by atoms with E-state index in [1.807, 2.05) is 0 Å². The van der Waals surface area contributed by atoms with E-state index >= 15 is 0 Å². The SMILES string of the molecule is CCOC(=O)C(C)Oc1cccc2c(=O)n(CC(=O)N(C(=O)NC3CCCCC3)C3CCCCC3)ccc12. The summed E-state index contributed by atoms with van der Waals surface area (Å²) in [5.74, 6) is -0.484. The lowest BCUT2D eigenvalue weighted by Crippen LogP contribution is -2.54. The first-order valence-electron chi connectivity index (χ1n) is 14.0. The van der Waals surface area contributed by atoms with Gasteiger partial charge < -0.3 is 19.4 Å². The summed E-state index contributed by atoms with van der Waals surface area (Å²) in [5, 5.41) is 4.00. The molecular weight excluding hydrogens is 486 g/mol. The van der Waals surface area contributed by atoms with Crippen molar-refractivity contribution in [3.8, 4) is 5.75 Å². The van der Waals surface area contributed by atoms with Gasteiger partial charge in [-0.3, -0.25) is 14.5 Å². The van der Waals surface area contributed by atoms with Crippen LogP contribution in [0.2, 0.25) is 0 Å². The number of hydrogen-bond donors (Lipinski definition) is 1. The van der Waals surface area contributed by atoms with Gasteiger partial charge in [0, 0.05) is 23.7 Å². The van der Waals surface area contributed by atoms with Crippen LogP contribution in [-0.2, 0) is 20.9 Å². The summed E-state index contributed by atoms with van der Waals surface area (Å²) in [6.07, 6.45) is 10.6. The van der Waals surface area contributed by atoms with Crippen LogP contribution in [0.4, 0.5) is 4.79 Å². The maximum Gasteiger partial charge on any atom is 0.347 e. The lowest BCUT2D eigenvalue weighted by Gasteiger charge is -2.34. The van der Waals surface area contributed by atoms with Gasteiger partial charge in [0.25, 0.3) is 11.5 Å². The van der Waals surface area contributed by atoms with Crippen LogP contribution in [0.1, 0.15) is 78.1 Å². The highest BCUT2D eigenvalue weighted by Gasteiger charge is 2.32. The number of carbonyl (C=O) groups excluding carboxylic acids is 3. The Balaban J connectivity index is 1.55. The highest BCUT2D eigenvalue weighted by atomic mass is 16.6. The Morgan fingerprint density at radius 2 is 1.68 bits per heavy atom. The number of imide groups is 1. The average molecular weight is 526 g/mol. The van der Waals surface area contributed by atoms with Gasteiger partial charge in [0.1, 0.15) is 12.3 Å². The minimum absolute atomic E-state index is 0.0916. The van der Waals surface area contributed by atoms with Crippen molar-refractivity contribution in [2.75, 3.05) is 6.61 Å². The number of aromatic nitrogens is 1. The summed E-state index contributed by atoms with van der Waals surface area (Å²) in [7, 11) is 0. The number of fused-ring (bicyclic) bond motifs is 1. The van der Waals surface area contributed by atoms with E-state index in [9.17, 15) is 19.2 Å². The van der Waals surface area contributed by atoms with E-state index in [1.165, 1.54) is 15.9 Å². The van der Waals surface area contributed by atoms with Crippen molar-refractivity contribution in [3.05, 3.63) is 40.8 Å². The summed E-state index contributed by atoms with van der Waals surface area (Å²) >= 11 is 0. The Kier molecular flexibility index (Phi) is 9.42. The third kappa shape index (κ3) is 6.55. The molecule has 0 saturated heterocycles. The van der Waals surface area contributed by atoms with E-state index in [0.29, 0.717) is 16.5 Å². The minimum atomic E-state index is -0.837. The second-order valence-corrected chi connectivity index (χ2v) is 10.3. The number of nitrogens with zero attached hydrogens (tertiary/aromatic N) is 2. The number of benzene rings is 1. The quantitative estimate of drug-likeness (QED) is 0.508. The molecule has 9 nitrogen and oxygen atoms in total. The van der Waals surface area contributed by atoms with Crippen molar-refractivity contribution in [1.82, 2.24) is 14.8 Å². The molecule has 1 unspecified atom stereocenters. The van der Waals surface area contributed by atoms with E-state index < -0.39 is 12.1 Å². The molecule has 0 spiro atoms. The number of esters is 1. The van der Waals surface area contributed by atoms with Crippen LogP contribution in [0, 0.1) is 0 Å². The number of pyridine rings is 1.